The van der Waals surface area contributed by atoms with E-state index in [0.717, 1.165) is 0 Å². The van der Waals surface area contributed by atoms with Gasteiger partial charge in [0, 0.05) is 6.42 Å². The molecule has 56 valence electrons. The Balaban J connectivity index is 2.55. The summed E-state index contributed by atoms with van der Waals surface area (Å²) >= 11 is -1.58. The lowest BCUT2D eigenvalue weighted by Gasteiger charge is -2.34. The molecule has 1 rings (SSSR count). The minimum atomic E-state index is -1.58. The zero-order valence-electron chi connectivity index (χ0n) is 5.41. The maximum atomic E-state index is 10.3. The van der Waals surface area contributed by atoms with Crippen LogP contribution < -0.4 is 0 Å². The van der Waals surface area contributed by atoms with Crippen molar-refractivity contribution in [2.45, 2.75) is 12.2 Å². The zero-order valence-corrected chi connectivity index (χ0v) is 6.23. The molecule has 0 unspecified atom stereocenters. The predicted octanol–water partition coefficient (Wildman–Crippen LogP) is 1.07. The normalized spacial score (nSPS) is 38.2. The molecule has 0 aromatic rings. The van der Waals surface area contributed by atoms with Gasteiger partial charge in [-0.25, -0.2) is 8.37 Å². The molecule has 1 fully saturated rings. The van der Waals surface area contributed by atoms with E-state index in [9.17, 15) is 4.21 Å². The molecule has 0 saturated carbocycles. The van der Waals surface area contributed by atoms with E-state index < -0.39 is 17.1 Å². The van der Waals surface area contributed by atoms with Crippen molar-refractivity contribution < 1.29 is 12.6 Å². The van der Waals surface area contributed by atoms with Crippen LogP contribution in [0.2, 0.25) is 0 Å². The second-order valence-electron chi connectivity index (χ2n) is 1.88. The minimum absolute atomic E-state index is 0.474. The molecule has 0 N–H and O–H groups in total. The highest BCUT2D eigenvalue weighted by molar-refractivity contribution is 7.76. The highest BCUT2D eigenvalue weighted by Gasteiger charge is 2.43. The first kappa shape index (κ1) is 7.65. The first-order valence-electron chi connectivity index (χ1n) is 2.78. The van der Waals surface area contributed by atoms with Gasteiger partial charge >= 0.3 is 11.4 Å². The highest BCUT2D eigenvalue weighted by atomic mass is 32.2. The third-order valence-electron chi connectivity index (χ3n) is 1.16. The largest absolute Gasteiger partial charge is 0.310 e. The Kier molecular flexibility index (Phi) is 2.03. The van der Waals surface area contributed by atoms with Crippen molar-refractivity contribution in [2.75, 3.05) is 0 Å². The Morgan fingerprint density at radius 3 is 2.40 bits per heavy atom. The maximum absolute atomic E-state index is 10.3. The van der Waals surface area contributed by atoms with Crippen LogP contribution in [0.5, 0.6) is 0 Å². The van der Waals surface area contributed by atoms with Crippen LogP contribution in [0.1, 0.15) is 6.42 Å². The summed E-state index contributed by atoms with van der Waals surface area (Å²) in [6, 6.07) is 0. The Labute approximate surface area is 62.2 Å². The Hall–Kier alpha value is -0.450. The number of rotatable bonds is 3. The summed E-state index contributed by atoms with van der Waals surface area (Å²) in [5.41, 5.74) is 0. The molecule has 0 aromatic carbocycles. The summed E-state index contributed by atoms with van der Waals surface area (Å²) in [5, 5.41) is 0. The van der Waals surface area contributed by atoms with Gasteiger partial charge in [0.05, 0.1) is 0 Å². The summed E-state index contributed by atoms with van der Waals surface area (Å²) in [6.07, 6.45) is 3.57. The third-order valence-corrected chi connectivity index (χ3v) is 1.99. The second kappa shape index (κ2) is 2.65. The van der Waals surface area contributed by atoms with Crippen LogP contribution in [0.3, 0.4) is 0 Å². The monoisotopic (exact) mass is 160 g/mol. The number of hydrogen-bond acceptors (Lipinski definition) is 3. The van der Waals surface area contributed by atoms with Crippen molar-refractivity contribution in [1.29, 1.82) is 0 Å². The Morgan fingerprint density at radius 1 is 1.50 bits per heavy atom. The number of hydrogen-bond donors (Lipinski definition) is 0. The Bertz CT molecular complexity index is 174. The molecule has 0 bridgehead atoms. The molecule has 0 aliphatic carbocycles. The summed E-state index contributed by atoms with van der Waals surface area (Å²) in [5.74, 6) is -0.868. The molecule has 1 aliphatic heterocycles. The lowest BCUT2D eigenvalue weighted by Crippen LogP contribution is -2.44. The summed E-state index contributed by atoms with van der Waals surface area (Å²) in [4.78, 5) is 0. The van der Waals surface area contributed by atoms with E-state index in [2.05, 4.69) is 13.2 Å². The fourth-order valence-corrected chi connectivity index (χ4v) is 1.40. The van der Waals surface area contributed by atoms with Gasteiger partial charge in [0.1, 0.15) is 0 Å². The van der Waals surface area contributed by atoms with Gasteiger partial charge in [0.15, 0.2) is 0 Å². The molecule has 1 aliphatic rings. The molecular weight excluding hydrogens is 152 g/mol. The predicted molar refractivity (Wildman–Crippen MR) is 38.1 cm³/mol. The van der Waals surface area contributed by atoms with Crippen molar-refractivity contribution in [3.8, 4) is 0 Å². The van der Waals surface area contributed by atoms with Crippen molar-refractivity contribution in [2.24, 2.45) is 0 Å². The first-order valence-corrected chi connectivity index (χ1v) is 3.78. The van der Waals surface area contributed by atoms with Crippen molar-refractivity contribution >= 4 is 11.4 Å². The molecular formula is C6H8O3S. The van der Waals surface area contributed by atoms with Gasteiger partial charge in [-0.05, 0) is 6.08 Å². The smallest absolute Gasteiger partial charge is 0.228 e. The molecule has 1 heterocycles. The molecule has 0 atom stereocenters. The molecule has 0 spiro atoms. The van der Waals surface area contributed by atoms with E-state index in [-0.39, 0.29) is 0 Å². The van der Waals surface area contributed by atoms with Crippen LogP contribution in [0, 0.1) is 0 Å². The summed E-state index contributed by atoms with van der Waals surface area (Å²) in [6.45, 7) is 6.97. The van der Waals surface area contributed by atoms with Gasteiger partial charge in [-0.3, -0.25) is 0 Å². The third kappa shape index (κ3) is 1.18. The quantitative estimate of drug-likeness (QED) is 0.579. The Morgan fingerprint density at radius 2 is 2.10 bits per heavy atom. The molecule has 0 radical (unpaired) electrons. The fraction of sp³-hybridized carbons (Fsp3) is 0.333. The van der Waals surface area contributed by atoms with Crippen LogP contribution in [0.15, 0.2) is 25.3 Å². The topological polar surface area (TPSA) is 35.5 Å². The van der Waals surface area contributed by atoms with E-state index in [1.807, 2.05) is 0 Å². The van der Waals surface area contributed by atoms with Crippen molar-refractivity contribution in [1.82, 2.24) is 0 Å². The molecule has 0 aromatic heterocycles. The van der Waals surface area contributed by atoms with Gasteiger partial charge in [0.25, 0.3) is 0 Å². The SMILES string of the molecule is C=CCC1(C=C)OS(=O)O1. The molecule has 3 nitrogen and oxygen atoms in total. The van der Waals surface area contributed by atoms with Crippen molar-refractivity contribution in [3.05, 3.63) is 25.3 Å². The average Bonchev–Trinajstić information content (AvgIpc) is 1.84. The molecule has 10 heavy (non-hydrogen) atoms. The van der Waals surface area contributed by atoms with Gasteiger partial charge in [-0.2, -0.15) is 4.21 Å². The van der Waals surface area contributed by atoms with Crippen LogP contribution in [0.25, 0.3) is 0 Å². The molecule has 4 heteroatoms. The standard InChI is InChI=1S/C6H8O3S/c1-3-5-6(4-2)8-10(7)9-6/h3-4H,1-2,5H2. The van der Waals surface area contributed by atoms with Gasteiger partial charge in [-0.1, -0.05) is 12.7 Å². The minimum Gasteiger partial charge on any atom is -0.228 e. The van der Waals surface area contributed by atoms with E-state index in [0.29, 0.717) is 6.42 Å². The lowest BCUT2D eigenvalue weighted by atomic mass is 10.2. The average molecular weight is 160 g/mol. The van der Waals surface area contributed by atoms with E-state index in [4.69, 9.17) is 8.37 Å². The van der Waals surface area contributed by atoms with E-state index >= 15 is 0 Å². The fourth-order valence-electron chi connectivity index (χ4n) is 0.657. The second-order valence-corrected chi connectivity index (χ2v) is 2.62. The van der Waals surface area contributed by atoms with Gasteiger partial charge in [0.2, 0.25) is 5.79 Å². The first-order chi connectivity index (χ1) is 4.72. The van der Waals surface area contributed by atoms with Gasteiger partial charge < -0.3 is 0 Å². The highest BCUT2D eigenvalue weighted by Crippen LogP contribution is 2.32. The van der Waals surface area contributed by atoms with E-state index in [1.54, 1.807) is 6.08 Å². The maximum Gasteiger partial charge on any atom is 0.310 e. The van der Waals surface area contributed by atoms with Gasteiger partial charge in [-0.15, -0.1) is 6.58 Å². The van der Waals surface area contributed by atoms with Crippen LogP contribution in [-0.2, 0) is 19.7 Å². The van der Waals surface area contributed by atoms with Crippen LogP contribution in [-0.4, -0.2) is 10.00 Å². The summed E-state index contributed by atoms with van der Waals surface area (Å²) in [7, 11) is 0. The zero-order chi connectivity index (χ0) is 7.61. The molecule has 1 saturated heterocycles. The lowest BCUT2D eigenvalue weighted by molar-refractivity contribution is -0.130. The molecule has 0 amide bonds. The van der Waals surface area contributed by atoms with Crippen molar-refractivity contribution in [3.63, 3.8) is 0 Å². The summed E-state index contributed by atoms with van der Waals surface area (Å²) < 4.78 is 19.9. The van der Waals surface area contributed by atoms with Crippen LogP contribution in [0.4, 0.5) is 0 Å². The van der Waals surface area contributed by atoms with Crippen LogP contribution >= 0.6 is 0 Å². The van der Waals surface area contributed by atoms with E-state index in [1.165, 1.54) is 6.08 Å².